The fourth-order valence-corrected chi connectivity index (χ4v) is 6.78. The summed E-state index contributed by atoms with van der Waals surface area (Å²) in [5, 5.41) is 9.52. The van der Waals surface area contributed by atoms with Crippen LogP contribution in [-0.2, 0) is 21.3 Å². The maximum atomic E-state index is 15.3. The van der Waals surface area contributed by atoms with Crippen LogP contribution in [0.3, 0.4) is 0 Å². The van der Waals surface area contributed by atoms with Gasteiger partial charge >= 0.3 is 5.97 Å². The zero-order chi connectivity index (χ0) is 34.2. The fourth-order valence-electron chi connectivity index (χ4n) is 6.23. The molecule has 0 aliphatic carbocycles. The predicted octanol–water partition coefficient (Wildman–Crippen LogP) is 4.40. The summed E-state index contributed by atoms with van der Waals surface area (Å²) in [4.78, 5) is 29.2. The standard InChI is InChI=1S/C32H33F3N6O6S/c1-46-30-26(39-48(2,44)45)14-20(16-36-30)28-23-15-22(33)11-21(29(23)38-32(37-28)41-7-9-47-10-8-41)17-40-5-3-18(4-6-40)27-24(34)12-19(31(42)43)13-25(27)35/h11-16,18,39H,3-10,17H2,1-2H3,(H,42,43). The summed E-state index contributed by atoms with van der Waals surface area (Å²) in [5.74, 6) is -3.73. The number of benzene rings is 2. The second-order valence-corrected chi connectivity index (χ2v) is 13.5. The summed E-state index contributed by atoms with van der Waals surface area (Å²) in [7, 11) is -2.33. The van der Waals surface area contributed by atoms with Crippen molar-refractivity contribution in [3.05, 3.63) is 70.7 Å². The van der Waals surface area contributed by atoms with Gasteiger partial charge in [0, 0.05) is 42.3 Å². The highest BCUT2D eigenvalue weighted by Crippen LogP contribution is 2.37. The molecule has 0 unspecified atom stereocenters. The van der Waals surface area contributed by atoms with Crippen molar-refractivity contribution in [3.8, 4) is 17.1 Å². The van der Waals surface area contributed by atoms with Crippen molar-refractivity contribution >= 4 is 38.5 Å². The molecule has 0 spiro atoms. The molecule has 48 heavy (non-hydrogen) atoms. The van der Waals surface area contributed by atoms with Gasteiger partial charge in [0.05, 0.1) is 43.4 Å². The number of carboxylic acid groups (broad SMARTS) is 1. The van der Waals surface area contributed by atoms with Gasteiger partial charge in [-0.25, -0.2) is 41.3 Å². The van der Waals surface area contributed by atoms with Crippen molar-refractivity contribution in [2.75, 3.05) is 62.4 Å². The molecule has 4 aromatic rings. The first-order valence-corrected chi connectivity index (χ1v) is 17.1. The van der Waals surface area contributed by atoms with Crippen LogP contribution in [0.25, 0.3) is 22.2 Å². The van der Waals surface area contributed by atoms with Gasteiger partial charge in [0.15, 0.2) is 0 Å². The molecule has 0 amide bonds. The van der Waals surface area contributed by atoms with E-state index in [4.69, 9.17) is 24.5 Å². The Morgan fingerprint density at radius 1 is 1.04 bits per heavy atom. The number of anilines is 2. The van der Waals surface area contributed by atoms with Gasteiger partial charge in [0.2, 0.25) is 21.9 Å². The number of nitrogens with one attached hydrogen (secondary N) is 1. The normalized spacial score (nSPS) is 16.3. The number of methoxy groups -OCH3 is 1. The molecular weight excluding hydrogens is 653 g/mol. The minimum Gasteiger partial charge on any atom is -0.480 e. The zero-order valence-electron chi connectivity index (χ0n) is 26.2. The van der Waals surface area contributed by atoms with E-state index in [0.29, 0.717) is 85.9 Å². The molecule has 2 fully saturated rings. The van der Waals surface area contributed by atoms with Crippen LogP contribution >= 0.6 is 0 Å². The Kier molecular flexibility index (Phi) is 9.40. The van der Waals surface area contributed by atoms with Gasteiger partial charge in [0.1, 0.15) is 23.1 Å². The SMILES string of the molecule is COc1ncc(-c2nc(N3CCOCC3)nc3c(CN4CCC(c5c(F)cc(C(=O)O)cc5F)CC4)cc(F)cc23)cc1NS(C)(=O)=O. The van der Waals surface area contributed by atoms with Crippen LogP contribution < -0.4 is 14.4 Å². The van der Waals surface area contributed by atoms with Crippen LogP contribution in [0.4, 0.5) is 24.8 Å². The van der Waals surface area contributed by atoms with Crippen LogP contribution in [0.1, 0.15) is 40.2 Å². The molecule has 12 nitrogen and oxygen atoms in total. The quantitative estimate of drug-likeness (QED) is 0.258. The number of halogens is 3. The summed E-state index contributed by atoms with van der Waals surface area (Å²) < 4.78 is 82.3. The van der Waals surface area contributed by atoms with E-state index in [2.05, 4.69) is 9.71 Å². The van der Waals surface area contributed by atoms with Gasteiger partial charge in [-0.05, 0) is 67.7 Å². The average Bonchev–Trinajstić information content (AvgIpc) is 3.04. The molecular formula is C32H33F3N6O6S. The van der Waals surface area contributed by atoms with Crippen LogP contribution in [0.2, 0.25) is 0 Å². The minimum absolute atomic E-state index is 0.0452. The third-order valence-corrected chi connectivity index (χ3v) is 9.05. The highest BCUT2D eigenvalue weighted by molar-refractivity contribution is 7.92. The molecule has 2 aliphatic heterocycles. The van der Waals surface area contributed by atoms with Gasteiger partial charge in [0.25, 0.3) is 0 Å². The largest absolute Gasteiger partial charge is 0.480 e. The van der Waals surface area contributed by atoms with Crippen LogP contribution in [0.5, 0.6) is 5.88 Å². The first-order chi connectivity index (χ1) is 22.9. The lowest BCUT2D eigenvalue weighted by Crippen LogP contribution is -2.37. The van der Waals surface area contributed by atoms with Crippen molar-refractivity contribution in [3.63, 3.8) is 0 Å². The van der Waals surface area contributed by atoms with E-state index < -0.39 is 44.9 Å². The number of aromatic carboxylic acids is 1. The van der Waals surface area contributed by atoms with Crippen molar-refractivity contribution in [1.29, 1.82) is 0 Å². The number of hydrogen-bond donors (Lipinski definition) is 2. The fraction of sp³-hybridized carbons (Fsp3) is 0.375. The van der Waals surface area contributed by atoms with Crippen LogP contribution in [0.15, 0.2) is 36.5 Å². The third kappa shape index (κ3) is 7.15. The number of piperidine rings is 1. The molecule has 2 N–H and O–H groups in total. The number of carboxylic acids is 1. The monoisotopic (exact) mass is 686 g/mol. The number of pyridine rings is 1. The number of nitrogens with zero attached hydrogens (tertiary/aromatic N) is 5. The van der Waals surface area contributed by atoms with Crippen molar-refractivity contribution in [2.24, 2.45) is 0 Å². The Hall–Kier alpha value is -4.54. The number of hydrogen-bond acceptors (Lipinski definition) is 10. The molecule has 254 valence electrons. The highest BCUT2D eigenvalue weighted by atomic mass is 32.2. The summed E-state index contributed by atoms with van der Waals surface area (Å²) >= 11 is 0. The van der Waals surface area contributed by atoms with E-state index in [-0.39, 0.29) is 23.7 Å². The molecule has 0 atom stereocenters. The van der Waals surface area contributed by atoms with Crippen LogP contribution in [-0.4, -0.2) is 92.1 Å². The highest BCUT2D eigenvalue weighted by Gasteiger charge is 2.28. The second kappa shape index (κ2) is 13.5. The molecule has 6 rings (SSSR count). The topological polar surface area (TPSA) is 147 Å². The minimum atomic E-state index is -3.69. The lowest BCUT2D eigenvalue weighted by Gasteiger charge is -2.33. The van der Waals surface area contributed by atoms with E-state index in [0.717, 1.165) is 18.4 Å². The lowest BCUT2D eigenvalue weighted by atomic mass is 9.88. The van der Waals surface area contributed by atoms with Crippen molar-refractivity contribution in [1.82, 2.24) is 19.9 Å². The van der Waals surface area contributed by atoms with Crippen LogP contribution in [0, 0.1) is 17.5 Å². The Labute approximate surface area is 274 Å². The molecule has 16 heteroatoms. The first kappa shape index (κ1) is 33.4. The zero-order valence-corrected chi connectivity index (χ0v) is 27.0. The number of carbonyl (C=O) groups is 1. The number of morpholine rings is 1. The van der Waals surface area contributed by atoms with Gasteiger partial charge < -0.3 is 19.5 Å². The molecule has 2 aromatic heterocycles. The summed E-state index contributed by atoms with van der Waals surface area (Å²) in [6.07, 6.45) is 3.27. The Morgan fingerprint density at radius 3 is 2.35 bits per heavy atom. The number of ether oxygens (including phenoxy) is 2. The van der Waals surface area contributed by atoms with Crippen molar-refractivity contribution < 1.29 is 41.0 Å². The number of sulfonamides is 1. The van der Waals surface area contributed by atoms with Crippen molar-refractivity contribution in [2.45, 2.75) is 25.3 Å². The van der Waals surface area contributed by atoms with Gasteiger partial charge in [-0.2, -0.15) is 0 Å². The van der Waals surface area contributed by atoms with E-state index in [1.54, 1.807) is 0 Å². The van der Waals surface area contributed by atoms with E-state index in [1.165, 1.54) is 31.5 Å². The van der Waals surface area contributed by atoms with E-state index in [9.17, 15) is 22.0 Å². The van der Waals surface area contributed by atoms with Gasteiger partial charge in [-0.15, -0.1) is 0 Å². The maximum Gasteiger partial charge on any atom is 0.335 e. The number of rotatable bonds is 9. The molecule has 2 aliphatic rings. The van der Waals surface area contributed by atoms with E-state index in [1.807, 2.05) is 9.80 Å². The van der Waals surface area contributed by atoms with E-state index >= 15 is 4.39 Å². The smallest absolute Gasteiger partial charge is 0.335 e. The summed E-state index contributed by atoms with van der Waals surface area (Å²) in [6, 6.07) is 5.93. The predicted molar refractivity (Wildman–Crippen MR) is 171 cm³/mol. The number of aromatic nitrogens is 3. The molecule has 2 saturated heterocycles. The van der Waals surface area contributed by atoms with Gasteiger partial charge in [-0.1, -0.05) is 0 Å². The first-order valence-electron chi connectivity index (χ1n) is 15.2. The Morgan fingerprint density at radius 2 is 1.73 bits per heavy atom. The lowest BCUT2D eigenvalue weighted by molar-refractivity contribution is 0.0695. The third-order valence-electron chi connectivity index (χ3n) is 8.46. The van der Waals surface area contributed by atoms with Gasteiger partial charge in [-0.3, -0.25) is 9.62 Å². The molecule has 0 radical (unpaired) electrons. The Bertz CT molecular complexity index is 1960. The molecule has 0 saturated carbocycles. The number of likely N-dealkylation sites (tertiary alicyclic amines) is 1. The number of fused-ring (bicyclic) bond motifs is 1. The maximum absolute atomic E-state index is 15.3. The Balaban J connectivity index is 1.36. The second-order valence-electron chi connectivity index (χ2n) is 11.8. The summed E-state index contributed by atoms with van der Waals surface area (Å²) in [6.45, 7) is 3.15. The molecule has 4 heterocycles. The molecule has 0 bridgehead atoms. The average molecular weight is 687 g/mol. The summed E-state index contributed by atoms with van der Waals surface area (Å²) in [5.41, 5.74) is 1.31. The molecule has 2 aromatic carbocycles.